The van der Waals surface area contributed by atoms with E-state index in [0.29, 0.717) is 0 Å². The molecule has 4 aromatic heterocycles. The van der Waals surface area contributed by atoms with Gasteiger partial charge in [-0.1, -0.05) is 103 Å². The predicted octanol–water partition coefficient (Wildman–Crippen LogP) is 14.0. The van der Waals surface area contributed by atoms with Crippen LogP contribution in [0.5, 0.6) is 0 Å². The molecule has 0 unspecified atom stereocenters. The minimum Gasteiger partial charge on any atom is -0.315 e. The highest BCUT2D eigenvalue weighted by Gasteiger charge is 2.19. The number of benzene rings is 7. The number of hydrogen-bond acceptors (Lipinski definition) is 3. The van der Waals surface area contributed by atoms with Gasteiger partial charge in [0.05, 0.1) is 16.6 Å². The summed E-state index contributed by atoms with van der Waals surface area (Å²) < 4.78 is 4.75. The van der Waals surface area contributed by atoms with Crippen LogP contribution in [0.25, 0.3) is 77.5 Å². The fourth-order valence-corrected chi connectivity index (χ4v) is 8.47. The topological polar surface area (TPSA) is 38.9 Å². The summed E-state index contributed by atoms with van der Waals surface area (Å²) in [5.74, 6) is 0. The monoisotopic (exact) mass is 755 g/mol. The molecule has 0 radical (unpaired) electrons. The van der Waals surface area contributed by atoms with Crippen molar-refractivity contribution in [1.29, 1.82) is 0 Å². The van der Waals surface area contributed by atoms with Crippen molar-refractivity contribution in [3.63, 3.8) is 0 Å². The molecule has 59 heavy (non-hydrogen) atoms. The van der Waals surface area contributed by atoms with Crippen molar-refractivity contribution >= 4 is 49.8 Å². The van der Waals surface area contributed by atoms with Crippen molar-refractivity contribution in [3.05, 3.63) is 225 Å². The van der Waals surface area contributed by atoms with Crippen molar-refractivity contribution in [2.24, 2.45) is 0 Å². The van der Waals surface area contributed by atoms with Crippen molar-refractivity contribution in [1.82, 2.24) is 19.1 Å². The Balaban J connectivity index is 1.02. The highest BCUT2D eigenvalue weighted by atomic mass is 15.1. The Kier molecular flexibility index (Phi) is 8.41. The van der Waals surface area contributed by atoms with Gasteiger partial charge in [0.15, 0.2) is 0 Å². The van der Waals surface area contributed by atoms with Crippen LogP contribution >= 0.6 is 0 Å². The fourth-order valence-electron chi connectivity index (χ4n) is 8.47. The van der Waals surface area contributed by atoms with Gasteiger partial charge < -0.3 is 14.0 Å². The zero-order valence-corrected chi connectivity index (χ0v) is 32.1. The Hall–Kier alpha value is -8.02. The fraction of sp³-hybridized carbons (Fsp3) is 0. The smallest absolute Gasteiger partial charge is 0.0788 e. The molecule has 5 nitrogen and oxygen atoms in total. The molecule has 0 bridgehead atoms. The molecular weight excluding hydrogens is 719 g/mol. The zero-order chi connectivity index (χ0) is 39.1. The SMILES string of the molecule is c1ccc(-n2ccc3ccc4c5cc(-c6ccc(N(c7ccc(-c8cccnc8)cc7)c7ccc(-c8cccnc8)cc7)cc6)ccc5n(-c5ccccc5)c4c32)cc1. The third kappa shape index (κ3) is 6.13. The first-order valence-corrected chi connectivity index (χ1v) is 19.9. The van der Waals surface area contributed by atoms with Gasteiger partial charge in [-0.3, -0.25) is 9.97 Å². The summed E-state index contributed by atoms with van der Waals surface area (Å²) in [4.78, 5) is 11.0. The van der Waals surface area contributed by atoms with Gasteiger partial charge in [0, 0.05) is 75.6 Å². The molecule has 0 aliphatic carbocycles. The van der Waals surface area contributed by atoms with E-state index in [9.17, 15) is 0 Å². The number of hydrogen-bond donors (Lipinski definition) is 0. The third-order valence-corrected chi connectivity index (χ3v) is 11.3. The minimum atomic E-state index is 1.07. The van der Waals surface area contributed by atoms with Gasteiger partial charge in [-0.05, 0) is 124 Å². The van der Waals surface area contributed by atoms with E-state index >= 15 is 0 Å². The summed E-state index contributed by atoms with van der Waals surface area (Å²) in [7, 11) is 0. The number of fused-ring (bicyclic) bond motifs is 5. The highest BCUT2D eigenvalue weighted by Crippen LogP contribution is 2.41. The zero-order valence-electron chi connectivity index (χ0n) is 32.1. The summed E-state index contributed by atoms with van der Waals surface area (Å²) in [5.41, 5.74) is 15.8. The van der Waals surface area contributed by atoms with Gasteiger partial charge >= 0.3 is 0 Å². The van der Waals surface area contributed by atoms with E-state index in [-0.39, 0.29) is 0 Å². The van der Waals surface area contributed by atoms with Crippen molar-refractivity contribution in [2.75, 3.05) is 4.90 Å². The molecule has 11 rings (SSSR count). The van der Waals surface area contributed by atoms with E-state index in [2.05, 4.69) is 212 Å². The summed E-state index contributed by atoms with van der Waals surface area (Å²) >= 11 is 0. The molecule has 4 heterocycles. The van der Waals surface area contributed by atoms with Crippen LogP contribution in [-0.2, 0) is 0 Å². The van der Waals surface area contributed by atoms with Gasteiger partial charge in [0.25, 0.3) is 0 Å². The first kappa shape index (κ1) is 34.2. The van der Waals surface area contributed by atoms with Gasteiger partial charge in [-0.15, -0.1) is 0 Å². The maximum atomic E-state index is 4.33. The van der Waals surface area contributed by atoms with Crippen LogP contribution in [0, 0.1) is 0 Å². The molecule has 0 aliphatic heterocycles. The summed E-state index contributed by atoms with van der Waals surface area (Å²) in [5, 5.41) is 3.65. The van der Waals surface area contributed by atoms with Crippen molar-refractivity contribution in [3.8, 4) is 44.8 Å². The Morgan fingerprint density at radius 2 is 0.898 bits per heavy atom. The molecule has 11 aromatic rings. The van der Waals surface area contributed by atoms with Gasteiger partial charge in [-0.25, -0.2) is 0 Å². The molecular formula is C54H37N5. The maximum absolute atomic E-state index is 4.33. The first-order valence-electron chi connectivity index (χ1n) is 19.9. The second-order valence-corrected chi connectivity index (χ2v) is 14.8. The number of pyridine rings is 2. The molecule has 0 N–H and O–H groups in total. The standard InChI is InChI=1S/C54H37N5/c1-3-11-45(12-4-1)57-34-31-41-21-29-50-51-35-42(22-30-52(51)59(54(50)53(41)57)46-13-5-2-6-14-46)38-15-23-47(24-16-38)58(48-25-17-39(18-26-48)43-9-7-32-55-36-43)49-27-19-40(20-28-49)44-10-8-33-56-37-44/h1-37H. The van der Waals surface area contributed by atoms with Gasteiger partial charge in [0.2, 0.25) is 0 Å². The Morgan fingerprint density at radius 3 is 1.44 bits per heavy atom. The van der Waals surface area contributed by atoms with Gasteiger partial charge in [-0.2, -0.15) is 0 Å². The molecule has 0 aliphatic rings. The molecule has 0 atom stereocenters. The lowest BCUT2D eigenvalue weighted by atomic mass is 10.0. The van der Waals surface area contributed by atoms with E-state index in [4.69, 9.17) is 0 Å². The minimum absolute atomic E-state index is 1.07. The first-order chi connectivity index (χ1) is 29.3. The lowest BCUT2D eigenvalue weighted by Crippen LogP contribution is -2.09. The Morgan fingerprint density at radius 1 is 0.373 bits per heavy atom. The van der Waals surface area contributed by atoms with Crippen molar-refractivity contribution in [2.45, 2.75) is 0 Å². The number of para-hydroxylation sites is 2. The third-order valence-electron chi connectivity index (χ3n) is 11.3. The molecule has 7 aromatic carbocycles. The van der Waals surface area contributed by atoms with Crippen LogP contribution in [0.2, 0.25) is 0 Å². The molecule has 0 amide bonds. The lowest BCUT2D eigenvalue weighted by Gasteiger charge is -2.26. The number of rotatable bonds is 8. The second-order valence-electron chi connectivity index (χ2n) is 14.8. The summed E-state index contributed by atoms with van der Waals surface area (Å²) in [6.45, 7) is 0. The molecule has 0 spiro atoms. The van der Waals surface area contributed by atoms with Crippen LogP contribution in [0.15, 0.2) is 225 Å². The van der Waals surface area contributed by atoms with Crippen molar-refractivity contribution < 1.29 is 0 Å². The molecule has 0 saturated carbocycles. The molecule has 0 saturated heterocycles. The number of nitrogens with zero attached hydrogens (tertiary/aromatic N) is 5. The Labute approximate surface area is 342 Å². The average Bonchev–Trinajstić information content (AvgIpc) is 3.90. The van der Waals surface area contributed by atoms with E-state index in [0.717, 1.165) is 56.3 Å². The van der Waals surface area contributed by atoms with E-state index in [1.54, 1.807) is 0 Å². The number of aromatic nitrogens is 4. The highest BCUT2D eigenvalue weighted by molar-refractivity contribution is 6.18. The van der Waals surface area contributed by atoms with Crippen LogP contribution in [-0.4, -0.2) is 19.1 Å². The quantitative estimate of drug-likeness (QED) is 0.155. The van der Waals surface area contributed by atoms with Crippen LogP contribution in [0.1, 0.15) is 0 Å². The Bertz CT molecular complexity index is 3130. The van der Waals surface area contributed by atoms with Crippen LogP contribution in [0.4, 0.5) is 17.1 Å². The molecule has 5 heteroatoms. The normalized spacial score (nSPS) is 11.4. The van der Waals surface area contributed by atoms with E-state index < -0.39 is 0 Å². The predicted molar refractivity (Wildman–Crippen MR) is 244 cm³/mol. The largest absolute Gasteiger partial charge is 0.315 e. The van der Waals surface area contributed by atoms with Gasteiger partial charge in [0.1, 0.15) is 0 Å². The summed E-state index contributed by atoms with van der Waals surface area (Å²) in [6, 6.07) is 69.5. The number of anilines is 3. The summed E-state index contributed by atoms with van der Waals surface area (Å²) in [6.07, 6.45) is 9.61. The van der Waals surface area contributed by atoms with E-state index in [1.807, 2.05) is 36.9 Å². The van der Waals surface area contributed by atoms with Crippen LogP contribution in [0.3, 0.4) is 0 Å². The van der Waals surface area contributed by atoms with E-state index in [1.165, 1.54) is 38.3 Å². The molecule has 0 fully saturated rings. The average molecular weight is 756 g/mol. The maximum Gasteiger partial charge on any atom is 0.0788 e. The van der Waals surface area contributed by atoms with Crippen LogP contribution < -0.4 is 4.90 Å². The lowest BCUT2D eigenvalue weighted by molar-refractivity contribution is 1.12. The molecule has 278 valence electrons. The second kappa shape index (κ2) is 14.5.